The van der Waals surface area contributed by atoms with Crippen LogP contribution in [0.5, 0.6) is 0 Å². The van der Waals surface area contributed by atoms with Gasteiger partial charge in [-0.1, -0.05) is 19.1 Å². The van der Waals surface area contributed by atoms with E-state index in [1.54, 1.807) is 18.6 Å². The van der Waals surface area contributed by atoms with Crippen LogP contribution in [-0.2, 0) is 6.42 Å². The van der Waals surface area contributed by atoms with Crippen molar-refractivity contribution in [1.29, 1.82) is 5.26 Å². The van der Waals surface area contributed by atoms with E-state index in [4.69, 9.17) is 0 Å². The van der Waals surface area contributed by atoms with Crippen molar-refractivity contribution in [2.45, 2.75) is 20.3 Å². The van der Waals surface area contributed by atoms with Crippen molar-refractivity contribution < 1.29 is 0 Å². The van der Waals surface area contributed by atoms with Gasteiger partial charge in [-0.05, 0) is 54.3 Å². The summed E-state index contributed by atoms with van der Waals surface area (Å²) in [4.78, 5) is 8.70. The normalized spacial score (nSPS) is 11.3. The van der Waals surface area contributed by atoms with E-state index in [0.717, 1.165) is 40.0 Å². The monoisotopic (exact) mass is 354 g/mol. The van der Waals surface area contributed by atoms with E-state index in [0.29, 0.717) is 11.2 Å². The fraction of sp³-hybridized carbons (Fsp3) is 0.143. The predicted molar refractivity (Wildman–Crippen MR) is 107 cm³/mol. The summed E-state index contributed by atoms with van der Waals surface area (Å²) in [6.45, 7) is 4.04. The topological polar surface area (TPSA) is 78.4 Å². The van der Waals surface area contributed by atoms with Crippen LogP contribution in [0.2, 0.25) is 0 Å². The molecule has 3 aromatic heterocycles. The van der Waals surface area contributed by atoms with Crippen molar-refractivity contribution in [2.75, 3.05) is 5.43 Å². The third-order valence-corrected chi connectivity index (χ3v) is 4.68. The van der Waals surface area contributed by atoms with Crippen molar-refractivity contribution in [3.63, 3.8) is 0 Å². The Morgan fingerprint density at radius 3 is 2.74 bits per heavy atom. The number of aromatic nitrogens is 3. The first kappa shape index (κ1) is 16.7. The zero-order valence-electron chi connectivity index (χ0n) is 15.1. The zero-order valence-corrected chi connectivity index (χ0v) is 15.1. The quantitative estimate of drug-likeness (QED) is 0.442. The fourth-order valence-electron chi connectivity index (χ4n) is 3.35. The van der Waals surface area contributed by atoms with Gasteiger partial charge in [-0.15, -0.1) is 0 Å². The maximum absolute atomic E-state index is 9.72. The minimum atomic E-state index is 0.603. The Hall–Kier alpha value is -3.72. The molecular weight excluding hydrogens is 336 g/mol. The van der Waals surface area contributed by atoms with Gasteiger partial charge in [0.05, 0.1) is 22.8 Å². The molecule has 0 saturated carbocycles. The summed E-state index contributed by atoms with van der Waals surface area (Å²) < 4.78 is 1.99. The smallest absolute Gasteiger partial charge is 0.157 e. The lowest BCUT2D eigenvalue weighted by atomic mass is 10.0. The molecule has 27 heavy (non-hydrogen) atoms. The van der Waals surface area contributed by atoms with Crippen LogP contribution in [0, 0.1) is 18.3 Å². The summed E-state index contributed by atoms with van der Waals surface area (Å²) in [7, 11) is 0. The number of nitriles is 1. The first-order valence-electron chi connectivity index (χ1n) is 8.76. The van der Waals surface area contributed by atoms with E-state index in [9.17, 15) is 5.26 Å². The van der Waals surface area contributed by atoms with Crippen LogP contribution < -0.4 is 5.43 Å². The Balaban J connectivity index is 1.95. The highest BCUT2D eigenvalue weighted by atomic mass is 15.3. The summed E-state index contributed by atoms with van der Waals surface area (Å²) in [5, 5.41) is 14.1. The number of rotatable bonds is 4. The highest BCUT2D eigenvalue weighted by Crippen LogP contribution is 2.31. The summed E-state index contributed by atoms with van der Waals surface area (Å²) in [6.07, 6.45) is 5.98. The van der Waals surface area contributed by atoms with Gasteiger partial charge in [0.25, 0.3) is 0 Å². The first-order valence-corrected chi connectivity index (χ1v) is 8.76. The largest absolute Gasteiger partial charge is 0.276 e. The van der Waals surface area contributed by atoms with E-state index in [2.05, 4.69) is 33.5 Å². The molecule has 0 atom stereocenters. The van der Waals surface area contributed by atoms with E-state index >= 15 is 0 Å². The van der Waals surface area contributed by atoms with Crippen LogP contribution in [0.1, 0.15) is 29.2 Å². The number of imidazole rings is 1. The first-order chi connectivity index (χ1) is 13.2. The third kappa shape index (κ3) is 2.79. The summed E-state index contributed by atoms with van der Waals surface area (Å²) in [6, 6.07) is 14.0. The second-order valence-electron chi connectivity index (χ2n) is 6.20. The molecule has 0 saturated heterocycles. The number of anilines is 1. The van der Waals surface area contributed by atoms with Gasteiger partial charge in [0.2, 0.25) is 0 Å². The molecule has 132 valence electrons. The molecule has 0 unspecified atom stereocenters. The Kier molecular flexibility index (Phi) is 4.27. The van der Waals surface area contributed by atoms with Crippen LogP contribution in [-0.4, -0.2) is 20.6 Å². The minimum Gasteiger partial charge on any atom is -0.276 e. The van der Waals surface area contributed by atoms with Gasteiger partial charge in [-0.3, -0.25) is 14.8 Å². The number of hydrogen-bond donors (Lipinski definition) is 1. The van der Waals surface area contributed by atoms with Crippen LogP contribution >= 0.6 is 0 Å². The molecular formula is C21H18N6. The molecule has 0 aliphatic rings. The molecule has 0 amide bonds. The Morgan fingerprint density at radius 1 is 1.22 bits per heavy atom. The average Bonchev–Trinajstić information content (AvgIpc) is 3.08. The van der Waals surface area contributed by atoms with Crippen molar-refractivity contribution in [2.24, 2.45) is 5.10 Å². The van der Waals surface area contributed by atoms with E-state index in [-0.39, 0.29) is 0 Å². The number of nitrogens with one attached hydrogen (secondary N) is 1. The van der Waals surface area contributed by atoms with Crippen LogP contribution in [0.15, 0.2) is 53.9 Å². The SMILES string of the molecule is CCc1c(C)c(C#N)c2nc3ccccc3n2c1N/N=C/c1ccncc1. The molecule has 6 heteroatoms. The number of para-hydroxylation sites is 2. The molecule has 6 nitrogen and oxygen atoms in total. The molecule has 0 spiro atoms. The van der Waals surface area contributed by atoms with Crippen molar-refractivity contribution >= 4 is 28.7 Å². The molecule has 0 aliphatic carbocycles. The number of benzene rings is 1. The lowest BCUT2D eigenvalue weighted by Crippen LogP contribution is -2.07. The average molecular weight is 354 g/mol. The Bertz CT molecular complexity index is 1200. The third-order valence-electron chi connectivity index (χ3n) is 4.68. The van der Waals surface area contributed by atoms with Gasteiger partial charge in [0.15, 0.2) is 5.65 Å². The second-order valence-corrected chi connectivity index (χ2v) is 6.20. The number of pyridine rings is 2. The molecule has 0 radical (unpaired) electrons. The van der Waals surface area contributed by atoms with Crippen molar-refractivity contribution in [1.82, 2.24) is 14.4 Å². The van der Waals surface area contributed by atoms with Crippen LogP contribution in [0.4, 0.5) is 5.82 Å². The van der Waals surface area contributed by atoms with Gasteiger partial charge in [-0.2, -0.15) is 10.4 Å². The minimum absolute atomic E-state index is 0.603. The Morgan fingerprint density at radius 2 is 2.00 bits per heavy atom. The molecule has 4 aromatic rings. The lowest BCUT2D eigenvalue weighted by molar-refractivity contribution is 1.04. The maximum Gasteiger partial charge on any atom is 0.157 e. The number of hydrogen-bond acceptors (Lipinski definition) is 5. The highest BCUT2D eigenvalue weighted by Gasteiger charge is 2.19. The van der Waals surface area contributed by atoms with E-state index in [1.807, 2.05) is 47.7 Å². The molecule has 3 heterocycles. The lowest BCUT2D eigenvalue weighted by Gasteiger charge is -2.15. The standard InChI is InChI=1S/C21H18N6/c1-3-16-14(2)17(12-22)20-25-18-6-4-5-7-19(18)27(20)21(16)26-24-13-15-8-10-23-11-9-15/h4-11,13,26H,3H2,1-2H3/b24-13+. The van der Waals surface area contributed by atoms with Crippen molar-refractivity contribution in [3.05, 3.63) is 71.0 Å². The molecule has 0 fully saturated rings. The Labute approximate surface area is 156 Å². The maximum atomic E-state index is 9.72. The van der Waals surface area contributed by atoms with Gasteiger partial charge in [-0.25, -0.2) is 4.98 Å². The fourth-order valence-corrected chi connectivity index (χ4v) is 3.35. The molecule has 1 aromatic carbocycles. The number of hydrazone groups is 1. The molecule has 0 aliphatic heterocycles. The number of nitrogens with zero attached hydrogens (tertiary/aromatic N) is 5. The summed E-state index contributed by atoms with van der Waals surface area (Å²) in [5.74, 6) is 0.836. The van der Waals surface area contributed by atoms with E-state index in [1.165, 1.54) is 0 Å². The molecule has 1 N–H and O–H groups in total. The van der Waals surface area contributed by atoms with Gasteiger partial charge < -0.3 is 0 Å². The van der Waals surface area contributed by atoms with E-state index < -0.39 is 0 Å². The summed E-state index contributed by atoms with van der Waals surface area (Å²) in [5.41, 5.74) is 9.17. The van der Waals surface area contributed by atoms with Crippen molar-refractivity contribution in [3.8, 4) is 6.07 Å². The highest BCUT2D eigenvalue weighted by molar-refractivity contribution is 5.86. The zero-order chi connectivity index (χ0) is 18.8. The van der Waals surface area contributed by atoms with Gasteiger partial charge in [0, 0.05) is 12.4 Å². The molecule has 0 bridgehead atoms. The predicted octanol–water partition coefficient (Wildman–Crippen LogP) is 4.07. The second kappa shape index (κ2) is 6.89. The van der Waals surface area contributed by atoms with Crippen LogP contribution in [0.3, 0.4) is 0 Å². The van der Waals surface area contributed by atoms with Gasteiger partial charge >= 0.3 is 0 Å². The van der Waals surface area contributed by atoms with Crippen LogP contribution in [0.25, 0.3) is 16.7 Å². The summed E-state index contributed by atoms with van der Waals surface area (Å²) >= 11 is 0. The van der Waals surface area contributed by atoms with Gasteiger partial charge in [0.1, 0.15) is 11.9 Å². The molecule has 4 rings (SSSR count). The number of fused-ring (bicyclic) bond motifs is 3.